The number of esters is 1. The van der Waals surface area contributed by atoms with Crippen molar-refractivity contribution in [3.8, 4) is 0 Å². The van der Waals surface area contributed by atoms with Gasteiger partial charge in [0.25, 0.3) is 0 Å². The van der Waals surface area contributed by atoms with Gasteiger partial charge in [-0.15, -0.1) is 0 Å². The Kier molecular flexibility index (Phi) is 6.64. The quantitative estimate of drug-likeness (QED) is 0.484. The zero-order chi connectivity index (χ0) is 11.8. The number of methoxy groups -OCH3 is 1. The van der Waals surface area contributed by atoms with Gasteiger partial charge >= 0.3 is 5.97 Å². The minimum absolute atomic E-state index is 0.0405. The molecule has 6 nitrogen and oxygen atoms in total. The summed E-state index contributed by atoms with van der Waals surface area (Å²) in [6.07, 6.45) is -0.458. The van der Waals surface area contributed by atoms with E-state index in [0.29, 0.717) is 6.42 Å². The van der Waals surface area contributed by atoms with Crippen LogP contribution in [-0.4, -0.2) is 42.8 Å². The summed E-state index contributed by atoms with van der Waals surface area (Å²) in [7, 11) is 1.17. The Morgan fingerprint density at radius 1 is 1.53 bits per heavy atom. The second kappa shape index (κ2) is 7.19. The molecule has 0 aromatic rings. The van der Waals surface area contributed by atoms with E-state index in [9.17, 15) is 9.59 Å². The van der Waals surface area contributed by atoms with Gasteiger partial charge in [0.2, 0.25) is 5.91 Å². The highest BCUT2D eigenvalue weighted by molar-refractivity contribution is 5.78. The van der Waals surface area contributed by atoms with Crippen LogP contribution in [0.2, 0.25) is 0 Å². The van der Waals surface area contributed by atoms with Gasteiger partial charge < -0.3 is 20.9 Å². The first-order chi connectivity index (χ1) is 6.97. The minimum Gasteiger partial charge on any atom is -0.467 e. The maximum Gasteiger partial charge on any atom is 0.336 e. The molecule has 0 bridgehead atoms. The summed E-state index contributed by atoms with van der Waals surface area (Å²) in [4.78, 5) is 21.9. The summed E-state index contributed by atoms with van der Waals surface area (Å²) >= 11 is 0. The van der Waals surface area contributed by atoms with Gasteiger partial charge in [0.05, 0.1) is 13.7 Å². The third kappa shape index (κ3) is 6.87. The number of nitrogens with two attached hydrogens (primary N) is 1. The highest BCUT2D eigenvalue weighted by atomic mass is 16.5. The van der Waals surface area contributed by atoms with Crippen molar-refractivity contribution in [2.75, 3.05) is 13.7 Å². The molecule has 0 spiro atoms. The highest BCUT2D eigenvalue weighted by Gasteiger charge is 2.15. The van der Waals surface area contributed by atoms with E-state index in [2.05, 4.69) is 10.1 Å². The lowest BCUT2D eigenvalue weighted by molar-refractivity contribution is -0.150. The van der Waals surface area contributed by atoms with Crippen LogP contribution in [0.4, 0.5) is 0 Å². The predicted octanol–water partition coefficient (Wildman–Crippen LogP) is -1.24. The van der Waals surface area contributed by atoms with E-state index in [1.54, 1.807) is 6.92 Å². The second-order valence-electron chi connectivity index (χ2n) is 3.36. The lowest BCUT2D eigenvalue weighted by atomic mass is 10.2. The molecule has 2 atom stereocenters. The first kappa shape index (κ1) is 13.9. The van der Waals surface area contributed by atoms with Gasteiger partial charge in [0.15, 0.2) is 6.10 Å². The fourth-order valence-electron chi connectivity index (χ4n) is 0.877. The molecule has 1 amide bonds. The van der Waals surface area contributed by atoms with E-state index in [0.717, 1.165) is 0 Å². The van der Waals surface area contributed by atoms with Crippen molar-refractivity contribution in [3.05, 3.63) is 0 Å². The molecule has 15 heavy (non-hydrogen) atoms. The van der Waals surface area contributed by atoms with Gasteiger partial charge in [0.1, 0.15) is 0 Å². The Morgan fingerprint density at radius 2 is 2.13 bits per heavy atom. The number of rotatable bonds is 6. The van der Waals surface area contributed by atoms with E-state index in [4.69, 9.17) is 10.8 Å². The van der Waals surface area contributed by atoms with E-state index in [1.165, 1.54) is 7.11 Å². The zero-order valence-electron chi connectivity index (χ0n) is 9.03. The molecule has 0 aromatic carbocycles. The molecule has 0 rings (SSSR count). The summed E-state index contributed by atoms with van der Waals surface area (Å²) in [5, 5.41) is 11.5. The van der Waals surface area contributed by atoms with E-state index in [1.807, 2.05) is 0 Å². The Hall–Kier alpha value is -1.14. The van der Waals surface area contributed by atoms with Crippen LogP contribution in [0.15, 0.2) is 0 Å². The number of aliphatic hydroxyl groups is 1. The van der Waals surface area contributed by atoms with Crippen molar-refractivity contribution >= 4 is 11.9 Å². The van der Waals surface area contributed by atoms with Crippen LogP contribution >= 0.6 is 0 Å². The largest absolute Gasteiger partial charge is 0.467 e. The molecule has 0 aliphatic carbocycles. The van der Waals surface area contributed by atoms with Crippen molar-refractivity contribution in [1.29, 1.82) is 0 Å². The van der Waals surface area contributed by atoms with E-state index in [-0.39, 0.29) is 24.9 Å². The third-order valence-electron chi connectivity index (χ3n) is 1.79. The van der Waals surface area contributed by atoms with Crippen LogP contribution < -0.4 is 11.1 Å². The van der Waals surface area contributed by atoms with Crippen molar-refractivity contribution in [2.24, 2.45) is 5.73 Å². The van der Waals surface area contributed by atoms with Crippen LogP contribution in [0, 0.1) is 0 Å². The van der Waals surface area contributed by atoms with Gasteiger partial charge in [0, 0.05) is 12.5 Å². The smallest absolute Gasteiger partial charge is 0.336 e. The van der Waals surface area contributed by atoms with E-state index < -0.39 is 12.1 Å². The molecule has 0 saturated heterocycles. The van der Waals surface area contributed by atoms with Crippen LogP contribution in [0.25, 0.3) is 0 Å². The molecule has 4 N–H and O–H groups in total. The van der Waals surface area contributed by atoms with E-state index >= 15 is 0 Å². The first-order valence-corrected chi connectivity index (χ1v) is 4.75. The van der Waals surface area contributed by atoms with Crippen molar-refractivity contribution in [1.82, 2.24) is 5.32 Å². The summed E-state index contributed by atoms with van der Waals surface area (Å²) in [6, 6.07) is -0.0405. The SMILES string of the molecule is COC(=O)C(O)CNC(=O)CCC(C)N. The Bertz CT molecular complexity index is 218. The molecule has 0 saturated carbocycles. The zero-order valence-corrected chi connectivity index (χ0v) is 9.03. The summed E-state index contributed by atoms with van der Waals surface area (Å²) < 4.78 is 4.28. The molecule has 0 fully saturated rings. The minimum atomic E-state index is -1.31. The fourth-order valence-corrected chi connectivity index (χ4v) is 0.877. The fraction of sp³-hybridized carbons (Fsp3) is 0.778. The molecule has 0 aliphatic heterocycles. The summed E-state index contributed by atoms with van der Waals surface area (Å²) in [5.41, 5.74) is 5.46. The average Bonchev–Trinajstić information content (AvgIpc) is 2.21. The number of aliphatic hydroxyl groups excluding tert-OH is 1. The summed E-state index contributed by atoms with van der Waals surface area (Å²) in [6.45, 7) is 1.67. The number of ether oxygens (including phenoxy) is 1. The third-order valence-corrected chi connectivity index (χ3v) is 1.79. The molecule has 0 aromatic heterocycles. The van der Waals surface area contributed by atoms with Crippen LogP contribution in [-0.2, 0) is 14.3 Å². The molecule has 2 unspecified atom stereocenters. The van der Waals surface area contributed by atoms with Gasteiger partial charge in [-0.25, -0.2) is 4.79 Å². The number of carbonyl (C=O) groups excluding carboxylic acids is 2. The average molecular weight is 218 g/mol. The number of amides is 1. The maximum atomic E-state index is 11.1. The van der Waals surface area contributed by atoms with Crippen LogP contribution in [0.5, 0.6) is 0 Å². The lowest BCUT2D eigenvalue weighted by Crippen LogP contribution is -2.37. The molecule has 88 valence electrons. The Morgan fingerprint density at radius 3 is 2.60 bits per heavy atom. The van der Waals surface area contributed by atoms with Crippen LogP contribution in [0.3, 0.4) is 0 Å². The van der Waals surface area contributed by atoms with Gasteiger partial charge in [-0.2, -0.15) is 0 Å². The first-order valence-electron chi connectivity index (χ1n) is 4.75. The lowest BCUT2D eigenvalue weighted by Gasteiger charge is -2.10. The number of nitrogens with one attached hydrogen (secondary N) is 1. The maximum absolute atomic E-state index is 11.1. The second-order valence-corrected chi connectivity index (χ2v) is 3.36. The van der Waals surface area contributed by atoms with Crippen molar-refractivity contribution < 1.29 is 19.4 Å². The molecule has 0 aliphatic rings. The number of hydrogen-bond acceptors (Lipinski definition) is 5. The Labute approximate surface area is 88.8 Å². The normalized spacial score (nSPS) is 14.1. The molecule has 0 radical (unpaired) electrons. The van der Waals surface area contributed by atoms with Crippen LogP contribution in [0.1, 0.15) is 19.8 Å². The molecule has 0 heterocycles. The number of carbonyl (C=O) groups is 2. The molecule has 6 heteroatoms. The Balaban J connectivity index is 3.66. The van der Waals surface area contributed by atoms with Gasteiger partial charge in [-0.3, -0.25) is 4.79 Å². The van der Waals surface area contributed by atoms with Gasteiger partial charge in [-0.05, 0) is 13.3 Å². The highest BCUT2D eigenvalue weighted by Crippen LogP contribution is 1.93. The molecular weight excluding hydrogens is 200 g/mol. The van der Waals surface area contributed by atoms with Crippen molar-refractivity contribution in [2.45, 2.75) is 31.9 Å². The number of hydrogen-bond donors (Lipinski definition) is 3. The topological polar surface area (TPSA) is 102 Å². The standard InChI is InChI=1S/C9H18N2O4/c1-6(10)3-4-8(13)11-5-7(12)9(14)15-2/h6-7,12H,3-5,10H2,1-2H3,(H,11,13). The molecular formula is C9H18N2O4. The van der Waals surface area contributed by atoms with Gasteiger partial charge in [-0.1, -0.05) is 0 Å². The monoisotopic (exact) mass is 218 g/mol. The summed E-state index contributed by atoms with van der Waals surface area (Å²) in [5.74, 6) is -1.00. The predicted molar refractivity (Wildman–Crippen MR) is 53.9 cm³/mol. The van der Waals surface area contributed by atoms with Crippen molar-refractivity contribution in [3.63, 3.8) is 0 Å².